The summed E-state index contributed by atoms with van der Waals surface area (Å²) in [6.45, 7) is 7.30. The molecule has 180 valence electrons. The van der Waals surface area contributed by atoms with Crippen LogP contribution in [0.15, 0.2) is 36.9 Å². The summed E-state index contributed by atoms with van der Waals surface area (Å²) < 4.78 is 26.5. The molecule has 2 fully saturated rings. The van der Waals surface area contributed by atoms with E-state index in [4.69, 9.17) is 36.3 Å². The van der Waals surface area contributed by atoms with Crippen molar-refractivity contribution in [2.45, 2.75) is 58.0 Å². The highest BCUT2D eigenvalue weighted by atomic mass is 35.5. The molecule has 4 heterocycles. The van der Waals surface area contributed by atoms with E-state index in [1.165, 1.54) is 6.33 Å². The first-order chi connectivity index (χ1) is 16.1. The summed E-state index contributed by atoms with van der Waals surface area (Å²) in [5.41, 5.74) is 6.16. The van der Waals surface area contributed by atoms with Crippen LogP contribution in [0.2, 0.25) is 5.02 Å². The molecule has 2 aliphatic rings. The van der Waals surface area contributed by atoms with Crippen LogP contribution in [0.3, 0.4) is 0 Å². The number of benzene rings is 1. The third-order valence-electron chi connectivity index (χ3n) is 6.10. The van der Waals surface area contributed by atoms with E-state index in [1.54, 1.807) is 43.8 Å². The number of hydrogen-bond acceptors (Lipinski definition) is 9. The number of nitrogens with two attached hydrogens (primary N) is 1. The molecule has 34 heavy (non-hydrogen) atoms. The Bertz CT molecular complexity index is 1230. The molecule has 0 spiro atoms. The normalized spacial score (nSPS) is 28.9. The number of carbonyl (C=O) groups excluding carboxylic acids is 1. The van der Waals surface area contributed by atoms with Gasteiger partial charge in [0.05, 0.1) is 11.7 Å². The van der Waals surface area contributed by atoms with Crippen LogP contribution < -0.4 is 5.73 Å². The van der Waals surface area contributed by atoms with Gasteiger partial charge < -0.3 is 24.7 Å². The first-order valence-corrected chi connectivity index (χ1v) is 11.3. The smallest absolute Gasteiger partial charge is 0.311 e. The highest BCUT2D eigenvalue weighted by molar-refractivity contribution is 6.30. The largest absolute Gasteiger partial charge is 0.462 e. The second kappa shape index (κ2) is 8.16. The number of aromatic nitrogens is 4. The minimum Gasteiger partial charge on any atom is -0.462 e. The summed E-state index contributed by atoms with van der Waals surface area (Å²) in [7, 11) is 0. The van der Waals surface area contributed by atoms with Crippen molar-refractivity contribution in [1.82, 2.24) is 19.5 Å². The maximum Gasteiger partial charge on any atom is 0.311 e. The highest BCUT2D eigenvalue weighted by Gasteiger charge is 2.63. The van der Waals surface area contributed by atoms with E-state index in [9.17, 15) is 4.79 Å². The Morgan fingerprint density at radius 2 is 1.94 bits per heavy atom. The SMILES string of the molecule is CC(C)(C)C(=O)OC[C@H]1O[C@@H](n2cnc3c(N)ncnc32)[C@]2(C)OC(c3ccc(Cl)cc3)O[C@H]12. The number of rotatable bonds is 4. The van der Waals surface area contributed by atoms with Crippen LogP contribution in [0.25, 0.3) is 11.2 Å². The molecular weight excluding hydrogens is 462 g/mol. The molecule has 0 bridgehead atoms. The van der Waals surface area contributed by atoms with Gasteiger partial charge in [-0.25, -0.2) is 15.0 Å². The number of fused-ring (bicyclic) bond motifs is 2. The molecule has 3 aromatic rings. The molecule has 0 aliphatic carbocycles. The summed E-state index contributed by atoms with van der Waals surface area (Å²) in [4.78, 5) is 25.1. The quantitative estimate of drug-likeness (QED) is 0.551. The minimum absolute atomic E-state index is 0.00725. The molecule has 5 rings (SSSR count). The number of nitrogen functional groups attached to an aromatic ring is 1. The molecule has 0 radical (unpaired) electrons. The zero-order chi connectivity index (χ0) is 24.3. The fourth-order valence-corrected chi connectivity index (χ4v) is 4.40. The summed E-state index contributed by atoms with van der Waals surface area (Å²) in [5.74, 6) is -0.0650. The summed E-state index contributed by atoms with van der Waals surface area (Å²) in [6, 6.07) is 7.25. The van der Waals surface area contributed by atoms with Crippen molar-refractivity contribution in [3.63, 3.8) is 0 Å². The Balaban J connectivity index is 1.49. The molecule has 0 amide bonds. The van der Waals surface area contributed by atoms with E-state index in [2.05, 4.69) is 15.0 Å². The monoisotopic (exact) mass is 487 g/mol. The third kappa shape index (κ3) is 3.80. The van der Waals surface area contributed by atoms with Crippen LogP contribution in [0.1, 0.15) is 45.8 Å². The van der Waals surface area contributed by atoms with Crippen molar-refractivity contribution in [3.8, 4) is 0 Å². The van der Waals surface area contributed by atoms with Crippen LogP contribution in [-0.2, 0) is 23.7 Å². The van der Waals surface area contributed by atoms with Gasteiger partial charge in [-0.2, -0.15) is 0 Å². The second-order valence-electron chi connectivity index (χ2n) is 9.70. The predicted molar refractivity (Wildman–Crippen MR) is 123 cm³/mol. The van der Waals surface area contributed by atoms with E-state index < -0.39 is 35.7 Å². The number of hydrogen-bond donors (Lipinski definition) is 1. The Labute approximate surface area is 201 Å². The van der Waals surface area contributed by atoms with Crippen molar-refractivity contribution in [2.24, 2.45) is 5.41 Å². The highest BCUT2D eigenvalue weighted by Crippen LogP contribution is 2.52. The topological polar surface area (TPSA) is 124 Å². The molecular formula is C23H26ClN5O5. The summed E-state index contributed by atoms with van der Waals surface area (Å²) in [5, 5.41) is 0.614. The molecule has 1 aromatic carbocycles. The standard InChI is InChI=1S/C23H26ClN5O5/c1-22(2,3)21(30)31-9-14-16-23(4,34-19(33-16)12-5-7-13(24)8-6-12)20(32-14)29-11-28-15-17(25)26-10-27-18(15)29/h5-8,10-11,14,16,19-20H,9H2,1-4H3,(H2,25,26,27)/t14-,16-,19?,20-,23-/m1/s1. The first-order valence-electron chi connectivity index (χ1n) is 10.9. The van der Waals surface area contributed by atoms with Gasteiger partial charge in [-0.05, 0) is 39.8 Å². The van der Waals surface area contributed by atoms with E-state index in [-0.39, 0.29) is 18.4 Å². The molecule has 0 saturated carbocycles. The lowest BCUT2D eigenvalue weighted by Crippen LogP contribution is -2.42. The van der Waals surface area contributed by atoms with Crippen LogP contribution in [0.5, 0.6) is 0 Å². The van der Waals surface area contributed by atoms with Crippen molar-refractivity contribution in [3.05, 3.63) is 47.5 Å². The predicted octanol–water partition coefficient (Wildman–Crippen LogP) is 3.42. The molecule has 5 atom stereocenters. The first kappa shape index (κ1) is 23.0. The molecule has 1 unspecified atom stereocenters. The fraction of sp³-hybridized carbons (Fsp3) is 0.478. The second-order valence-corrected chi connectivity index (χ2v) is 10.1. The van der Waals surface area contributed by atoms with Crippen LogP contribution in [0, 0.1) is 5.41 Å². The number of imidazole rings is 1. The van der Waals surface area contributed by atoms with Crippen LogP contribution in [0.4, 0.5) is 5.82 Å². The lowest BCUT2D eigenvalue weighted by Gasteiger charge is -2.28. The van der Waals surface area contributed by atoms with Crippen LogP contribution >= 0.6 is 11.6 Å². The van der Waals surface area contributed by atoms with E-state index in [0.29, 0.717) is 16.2 Å². The molecule has 10 nitrogen and oxygen atoms in total. The fourth-order valence-electron chi connectivity index (χ4n) is 4.27. The Hall–Kier alpha value is -2.79. The molecule has 2 aromatic heterocycles. The van der Waals surface area contributed by atoms with Gasteiger partial charge in [0.15, 0.2) is 24.0 Å². The maximum absolute atomic E-state index is 12.4. The maximum atomic E-state index is 12.4. The minimum atomic E-state index is -0.948. The Morgan fingerprint density at radius 3 is 2.65 bits per heavy atom. The van der Waals surface area contributed by atoms with Crippen molar-refractivity contribution < 1.29 is 23.7 Å². The van der Waals surface area contributed by atoms with Gasteiger partial charge in [-0.3, -0.25) is 9.36 Å². The van der Waals surface area contributed by atoms with Gasteiger partial charge in [-0.15, -0.1) is 0 Å². The lowest BCUT2D eigenvalue weighted by atomic mass is 9.96. The summed E-state index contributed by atoms with van der Waals surface area (Å²) in [6.07, 6.45) is 0.500. The Kier molecular flexibility index (Phi) is 5.51. The molecule has 2 N–H and O–H groups in total. The third-order valence-corrected chi connectivity index (χ3v) is 6.35. The molecule has 2 aliphatic heterocycles. The van der Waals surface area contributed by atoms with Crippen molar-refractivity contribution >= 4 is 34.6 Å². The number of anilines is 1. The molecule has 11 heteroatoms. The van der Waals surface area contributed by atoms with Gasteiger partial charge in [-0.1, -0.05) is 23.7 Å². The van der Waals surface area contributed by atoms with Gasteiger partial charge in [0.25, 0.3) is 0 Å². The zero-order valence-electron chi connectivity index (χ0n) is 19.3. The van der Waals surface area contributed by atoms with E-state index in [1.807, 2.05) is 19.1 Å². The number of ether oxygens (including phenoxy) is 4. The number of esters is 1. The van der Waals surface area contributed by atoms with Gasteiger partial charge in [0.1, 0.15) is 36.3 Å². The summed E-state index contributed by atoms with van der Waals surface area (Å²) >= 11 is 6.05. The van der Waals surface area contributed by atoms with Gasteiger partial charge in [0, 0.05) is 10.6 Å². The Morgan fingerprint density at radius 1 is 1.21 bits per heavy atom. The number of halogens is 1. The number of nitrogens with zero attached hydrogens (tertiary/aromatic N) is 4. The zero-order valence-corrected chi connectivity index (χ0v) is 20.0. The average Bonchev–Trinajstić information content (AvgIpc) is 3.43. The van der Waals surface area contributed by atoms with E-state index >= 15 is 0 Å². The van der Waals surface area contributed by atoms with Crippen molar-refractivity contribution in [2.75, 3.05) is 12.3 Å². The van der Waals surface area contributed by atoms with Crippen molar-refractivity contribution in [1.29, 1.82) is 0 Å². The van der Waals surface area contributed by atoms with Gasteiger partial charge in [0.2, 0.25) is 0 Å². The molecule has 2 saturated heterocycles. The number of carbonyl (C=O) groups is 1. The van der Waals surface area contributed by atoms with E-state index in [0.717, 1.165) is 5.56 Å². The average molecular weight is 488 g/mol. The van der Waals surface area contributed by atoms with Gasteiger partial charge >= 0.3 is 5.97 Å². The van der Waals surface area contributed by atoms with Crippen LogP contribution in [-0.4, -0.2) is 49.9 Å². The lowest BCUT2D eigenvalue weighted by molar-refractivity contribution is -0.181.